The Labute approximate surface area is 106 Å². The molecule has 1 atom stereocenters. The molecule has 1 N–H and O–H groups in total. The molecule has 0 bridgehead atoms. The van der Waals surface area contributed by atoms with E-state index in [0.29, 0.717) is 24.4 Å². The molecule has 0 fully saturated rings. The number of pyridine rings is 1. The van der Waals surface area contributed by atoms with Crippen LogP contribution in [-0.4, -0.2) is 27.2 Å². The molecule has 0 aliphatic carbocycles. The second-order valence-corrected chi connectivity index (χ2v) is 3.88. The molecular weight excluding hydrogens is 230 g/mol. The highest BCUT2D eigenvalue weighted by Crippen LogP contribution is 2.17. The highest BCUT2D eigenvalue weighted by atomic mass is 16.5. The van der Waals surface area contributed by atoms with Crippen molar-refractivity contribution in [3.8, 4) is 6.01 Å². The fourth-order valence-electron chi connectivity index (χ4n) is 1.60. The summed E-state index contributed by atoms with van der Waals surface area (Å²) in [7, 11) is 1.51. The van der Waals surface area contributed by atoms with Gasteiger partial charge in [-0.25, -0.2) is 9.97 Å². The van der Waals surface area contributed by atoms with E-state index in [1.165, 1.54) is 7.11 Å². The number of hydrogen-bond donors (Lipinski definition) is 1. The summed E-state index contributed by atoms with van der Waals surface area (Å²) in [6, 6.07) is 6.05. The van der Waals surface area contributed by atoms with Crippen LogP contribution < -0.4 is 4.74 Å². The fraction of sp³-hybridized carbons (Fsp3) is 0.308. The second kappa shape index (κ2) is 6.07. The largest absolute Gasteiger partial charge is 0.467 e. The Morgan fingerprint density at radius 3 is 2.61 bits per heavy atom. The van der Waals surface area contributed by atoms with Gasteiger partial charge in [-0.15, -0.1) is 0 Å². The summed E-state index contributed by atoms with van der Waals surface area (Å²) < 4.78 is 4.86. The zero-order valence-electron chi connectivity index (χ0n) is 10.2. The maximum absolute atomic E-state index is 10.00. The molecule has 94 valence electrons. The Balaban J connectivity index is 1.93. The summed E-state index contributed by atoms with van der Waals surface area (Å²) in [6.45, 7) is 0. The van der Waals surface area contributed by atoms with Crippen molar-refractivity contribution >= 4 is 0 Å². The number of aliphatic hydroxyl groups excluding tert-OH is 1. The SMILES string of the molecule is COc1ncc(C(O)CCc2ccccn2)cn1. The van der Waals surface area contributed by atoms with Crippen LogP contribution >= 0.6 is 0 Å². The van der Waals surface area contributed by atoms with Gasteiger partial charge in [-0.2, -0.15) is 0 Å². The van der Waals surface area contributed by atoms with Gasteiger partial charge in [-0.1, -0.05) is 6.07 Å². The van der Waals surface area contributed by atoms with E-state index >= 15 is 0 Å². The summed E-state index contributed by atoms with van der Waals surface area (Å²) in [5.41, 5.74) is 1.65. The van der Waals surface area contributed by atoms with Gasteiger partial charge >= 0.3 is 6.01 Å². The molecule has 0 aliphatic rings. The predicted molar refractivity (Wildman–Crippen MR) is 66.1 cm³/mol. The van der Waals surface area contributed by atoms with Crippen LogP contribution in [0.5, 0.6) is 6.01 Å². The van der Waals surface area contributed by atoms with E-state index in [0.717, 1.165) is 5.69 Å². The van der Waals surface area contributed by atoms with Crippen LogP contribution in [0.25, 0.3) is 0 Å². The lowest BCUT2D eigenvalue weighted by Crippen LogP contribution is -2.02. The van der Waals surface area contributed by atoms with E-state index in [-0.39, 0.29) is 0 Å². The van der Waals surface area contributed by atoms with Gasteiger partial charge in [-0.05, 0) is 25.0 Å². The molecule has 18 heavy (non-hydrogen) atoms. The summed E-state index contributed by atoms with van der Waals surface area (Å²) in [5.74, 6) is 0. The quantitative estimate of drug-likeness (QED) is 0.865. The Kier molecular flexibility index (Phi) is 4.20. The first-order valence-corrected chi connectivity index (χ1v) is 5.73. The maximum atomic E-state index is 10.00. The summed E-state index contributed by atoms with van der Waals surface area (Å²) in [6.07, 6.45) is 5.63. The lowest BCUT2D eigenvalue weighted by molar-refractivity contribution is 0.166. The van der Waals surface area contributed by atoms with Gasteiger partial charge in [0.25, 0.3) is 0 Å². The molecule has 2 rings (SSSR count). The van der Waals surface area contributed by atoms with Crippen LogP contribution in [0.4, 0.5) is 0 Å². The molecule has 0 amide bonds. The van der Waals surface area contributed by atoms with Crippen molar-refractivity contribution in [2.45, 2.75) is 18.9 Å². The van der Waals surface area contributed by atoms with Crippen molar-refractivity contribution in [3.05, 3.63) is 48.0 Å². The minimum Gasteiger partial charge on any atom is -0.467 e. The average molecular weight is 245 g/mol. The van der Waals surface area contributed by atoms with Gasteiger partial charge in [0.05, 0.1) is 13.2 Å². The lowest BCUT2D eigenvalue weighted by atomic mass is 10.1. The minimum atomic E-state index is -0.585. The standard InChI is InChI=1S/C13H15N3O2/c1-18-13-15-8-10(9-16-13)12(17)6-5-11-4-2-3-7-14-11/h2-4,7-9,12,17H,5-6H2,1H3. The molecule has 0 radical (unpaired) electrons. The number of hydrogen-bond acceptors (Lipinski definition) is 5. The first-order valence-electron chi connectivity index (χ1n) is 5.73. The van der Waals surface area contributed by atoms with Crippen LogP contribution in [0.2, 0.25) is 0 Å². The zero-order valence-corrected chi connectivity index (χ0v) is 10.2. The van der Waals surface area contributed by atoms with Gasteiger partial charge in [0.1, 0.15) is 0 Å². The van der Waals surface area contributed by atoms with E-state index in [9.17, 15) is 5.11 Å². The van der Waals surface area contributed by atoms with Crippen molar-refractivity contribution < 1.29 is 9.84 Å². The van der Waals surface area contributed by atoms with E-state index < -0.39 is 6.10 Å². The number of nitrogens with zero attached hydrogens (tertiary/aromatic N) is 3. The molecule has 2 heterocycles. The maximum Gasteiger partial charge on any atom is 0.316 e. The molecule has 0 spiro atoms. The summed E-state index contributed by atoms with van der Waals surface area (Å²) >= 11 is 0. The third-order valence-corrected chi connectivity index (χ3v) is 2.62. The van der Waals surface area contributed by atoms with E-state index in [1.807, 2.05) is 18.2 Å². The van der Waals surface area contributed by atoms with Gasteiger partial charge < -0.3 is 9.84 Å². The van der Waals surface area contributed by atoms with Crippen LogP contribution in [0.3, 0.4) is 0 Å². The highest BCUT2D eigenvalue weighted by molar-refractivity contribution is 5.11. The molecule has 2 aromatic heterocycles. The molecule has 5 heteroatoms. The smallest absolute Gasteiger partial charge is 0.316 e. The first kappa shape index (κ1) is 12.4. The molecule has 5 nitrogen and oxygen atoms in total. The van der Waals surface area contributed by atoms with Crippen molar-refractivity contribution in [1.82, 2.24) is 15.0 Å². The topological polar surface area (TPSA) is 68.1 Å². The number of methoxy groups -OCH3 is 1. The molecule has 0 aromatic carbocycles. The molecular formula is C13H15N3O2. The molecule has 2 aromatic rings. The van der Waals surface area contributed by atoms with Gasteiger partial charge in [0.15, 0.2) is 0 Å². The molecule has 0 saturated heterocycles. The van der Waals surface area contributed by atoms with Crippen LogP contribution in [0.15, 0.2) is 36.8 Å². The van der Waals surface area contributed by atoms with E-state index in [4.69, 9.17) is 4.74 Å². The molecule has 0 aliphatic heterocycles. The predicted octanol–water partition coefficient (Wildman–Crippen LogP) is 1.55. The van der Waals surface area contributed by atoms with Crippen LogP contribution in [-0.2, 0) is 6.42 Å². The van der Waals surface area contributed by atoms with Gasteiger partial charge in [0.2, 0.25) is 0 Å². The molecule has 0 saturated carbocycles. The first-order chi connectivity index (χ1) is 8.79. The van der Waals surface area contributed by atoms with Crippen LogP contribution in [0.1, 0.15) is 23.8 Å². The van der Waals surface area contributed by atoms with Crippen LogP contribution in [0, 0.1) is 0 Å². The van der Waals surface area contributed by atoms with Crippen molar-refractivity contribution in [2.24, 2.45) is 0 Å². The van der Waals surface area contributed by atoms with E-state index in [1.54, 1.807) is 18.6 Å². The Hall–Kier alpha value is -2.01. The van der Waals surface area contributed by atoms with E-state index in [2.05, 4.69) is 15.0 Å². The van der Waals surface area contributed by atoms with Gasteiger partial charge in [-0.3, -0.25) is 4.98 Å². The Morgan fingerprint density at radius 2 is 2.00 bits per heavy atom. The second-order valence-electron chi connectivity index (χ2n) is 3.88. The minimum absolute atomic E-state index is 0.302. The fourth-order valence-corrected chi connectivity index (χ4v) is 1.60. The number of rotatable bonds is 5. The number of aliphatic hydroxyl groups is 1. The lowest BCUT2D eigenvalue weighted by Gasteiger charge is -2.09. The highest BCUT2D eigenvalue weighted by Gasteiger charge is 2.09. The van der Waals surface area contributed by atoms with Crippen molar-refractivity contribution in [2.75, 3.05) is 7.11 Å². The molecule has 1 unspecified atom stereocenters. The zero-order chi connectivity index (χ0) is 12.8. The third-order valence-electron chi connectivity index (χ3n) is 2.62. The van der Waals surface area contributed by atoms with Gasteiger partial charge in [0, 0.05) is 29.8 Å². The number of aryl methyl sites for hydroxylation is 1. The van der Waals surface area contributed by atoms with Crippen molar-refractivity contribution in [1.29, 1.82) is 0 Å². The third kappa shape index (κ3) is 3.24. The van der Waals surface area contributed by atoms with Crippen molar-refractivity contribution in [3.63, 3.8) is 0 Å². The number of ether oxygens (including phenoxy) is 1. The Morgan fingerprint density at radius 1 is 1.22 bits per heavy atom. The normalized spacial score (nSPS) is 12.1. The summed E-state index contributed by atoms with van der Waals surface area (Å²) in [4.78, 5) is 12.1. The average Bonchev–Trinajstić information content (AvgIpc) is 2.46. The Bertz CT molecular complexity index is 473. The summed E-state index contributed by atoms with van der Waals surface area (Å²) in [5, 5.41) is 10.00. The monoisotopic (exact) mass is 245 g/mol. The number of aromatic nitrogens is 3.